The summed E-state index contributed by atoms with van der Waals surface area (Å²) in [5.41, 5.74) is 7.33. The van der Waals surface area contributed by atoms with Crippen molar-refractivity contribution in [2.24, 2.45) is 5.73 Å². The number of alkyl halides is 2. The van der Waals surface area contributed by atoms with Crippen molar-refractivity contribution in [3.05, 3.63) is 93.2 Å². The normalized spacial score (nSPS) is 17.6. The van der Waals surface area contributed by atoms with E-state index in [1.54, 1.807) is 36.6 Å². The summed E-state index contributed by atoms with van der Waals surface area (Å²) in [4.78, 5) is 41.2. The SMILES string of the molecule is C=C1C[C@@H](C(=O)NC(C)c2cc(C(=N)N)cs2)N(C(=O)CNC(=O)c2ccc3c(c2)-c2ccccc2C3(F)F)C1. The van der Waals surface area contributed by atoms with E-state index >= 15 is 0 Å². The molecule has 0 bridgehead atoms. The molecule has 1 saturated heterocycles. The maximum Gasteiger partial charge on any atom is 0.299 e. The van der Waals surface area contributed by atoms with Crippen molar-refractivity contribution in [3.63, 3.8) is 0 Å². The Balaban J connectivity index is 1.24. The van der Waals surface area contributed by atoms with Crippen molar-refractivity contribution in [2.75, 3.05) is 13.1 Å². The van der Waals surface area contributed by atoms with Crippen molar-refractivity contribution in [1.82, 2.24) is 15.5 Å². The summed E-state index contributed by atoms with van der Waals surface area (Å²) in [6.07, 6.45) is 0.291. The molecule has 8 nitrogen and oxygen atoms in total. The third-order valence-electron chi connectivity index (χ3n) is 7.17. The fourth-order valence-electron chi connectivity index (χ4n) is 5.08. The fourth-order valence-corrected chi connectivity index (χ4v) is 5.99. The predicted octanol–water partition coefficient (Wildman–Crippen LogP) is 3.92. The molecule has 0 radical (unpaired) electrons. The summed E-state index contributed by atoms with van der Waals surface area (Å²) in [5, 5.41) is 14.7. The Morgan fingerprint density at radius 2 is 1.88 bits per heavy atom. The lowest BCUT2D eigenvalue weighted by Gasteiger charge is -2.25. The zero-order chi connectivity index (χ0) is 28.8. The maximum atomic E-state index is 14.8. The average molecular weight is 564 g/mol. The molecular weight excluding hydrogens is 536 g/mol. The first-order valence-corrected chi connectivity index (χ1v) is 13.4. The summed E-state index contributed by atoms with van der Waals surface area (Å²) in [6, 6.07) is 10.7. The van der Waals surface area contributed by atoms with Crippen LogP contribution in [0.25, 0.3) is 11.1 Å². The number of nitrogens with zero attached hydrogens (tertiary/aromatic N) is 1. The molecular formula is C29H27F2N5O3S. The largest absolute Gasteiger partial charge is 0.384 e. The predicted molar refractivity (Wildman–Crippen MR) is 148 cm³/mol. The summed E-state index contributed by atoms with van der Waals surface area (Å²) >= 11 is 1.37. The Morgan fingerprint density at radius 1 is 1.15 bits per heavy atom. The zero-order valence-corrected chi connectivity index (χ0v) is 22.4. The van der Waals surface area contributed by atoms with Gasteiger partial charge in [-0.25, -0.2) is 0 Å². The molecule has 40 heavy (non-hydrogen) atoms. The highest BCUT2D eigenvalue weighted by atomic mass is 32.1. The number of benzene rings is 2. The second-order valence-corrected chi connectivity index (χ2v) is 10.9. The van der Waals surface area contributed by atoms with Crippen LogP contribution in [0, 0.1) is 5.41 Å². The number of nitrogen functional groups attached to an aromatic ring is 1. The third-order valence-corrected chi connectivity index (χ3v) is 8.28. The third kappa shape index (κ3) is 4.88. The molecule has 5 N–H and O–H groups in total. The molecule has 1 aromatic heterocycles. The van der Waals surface area contributed by atoms with Crippen LogP contribution in [-0.2, 0) is 15.5 Å². The van der Waals surface area contributed by atoms with Crippen LogP contribution in [0.15, 0.2) is 66.1 Å². The minimum Gasteiger partial charge on any atom is -0.384 e. The number of carbonyl (C=O) groups excluding carboxylic acids is 3. The first kappa shape index (κ1) is 27.2. The van der Waals surface area contributed by atoms with Gasteiger partial charge in [0.2, 0.25) is 11.8 Å². The number of nitrogens with two attached hydrogens (primary N) is 1. The van der Waals surface area contributed by atoms with Gasteiger partial charge in [-0.2, -0.15) is 8.78 Å². The van der Waals surface area contributed by atoms with Crippen molar-refractivity contribution >= 4 is 34.9 Å². The molecule has 206 valence electrons. The molecule has 3 amide bonds. The lowest BCUT2D eigenvalue weighted by molar-refractivity contribution is -0.137. The topological polar surface area (TPSA) is 128 Å². The Kier molecular flexibility index (Phi) is 7.01. The van der Waals surface area contributed by atoms with Gasteiger partial charge in [0.15, 0.2) is 0 Å². The first-order valence-electron chi connectivity index (χ1n) is 12.6. The van der Waals surface area contributed by atoms with Gasteiger partial charge in [0.05, 0.1) is 12.6 Å². The monoisotopic (exact) mass is 563 g/mol. The molecule has 11 heteroatoms. The standard InChI is InChI=1S/C29H27F2N5O3S/c1-15-9-23(28(39)35-16(2)24-11-18(14-40-24)26(32)33)36(13-15)25(37)12-34-27(38)17-7-8-22-20(10-17)19-5-3-4-6-21(19)29(22,30)31/h3-8,10-11,14,16,23H,1,9,12-13H2,2H3,(H3,32,33)(H,34,38)(H,35,39)/t16?,23-/m0/s1. The van der Waals surface area contributed by atoms with Crippen LogP contribution in [0.2, 0.25) is 0 Å². The van der Waals surface area contributed by atoms with Crippen LogP contribution in [0.3, 0.4) is 0 Å². The molecule has 1 fully saturated rings. The van der Waals surface area contributed by atoms with E-state index in [1.165, 1.54) is 40.5 Å². The quantitative estimate of drug-likeness (QED) is 0.197. The van der Waals surface area contributed by atoms with Crippen LogP contribution in [-0.4, -0.2) is 47.6 Å². The average Bonchev–Trinajstić information content (AvgIpc) is 3.63. The van der Waals surface area contributed by atoms with Crippen LogP contribution in [0.4, 0.5) is 8.78 Å². The number of carbonyl (C=O) groups is 3. The number of rotatable bonds is 7. The summed E-state index contributed by atoms with van der Waals surface area (Å²) in [7, 11) is 0. The van der Waals surface area contributed by atoms with E-state index in [0.717, 1.165) is 4.88 Å². The number of amidine groups is 1. The van der Waals surface area contributed by atoms with E-state index in [2.05, 4.69) is 17.2 Å². The number of amides is 3. The molecule has 1 unspecified atom stereocenters. The van der Waals surface area contributed by atoms with Gasteiger partial charge in [0, 0.05) is 39.1 Å². The Hall–Kier alpha value is -4.38. The molecule has 1 aliphatic carbocycles. The number of halogens is 2. The van der Waals surface area contributed by atoms with E-state index < -0.39 is 23.8 Å². The van der Waals surface area contributed by atoms with E-state index in [0.29, 0.717) is 23.1 Å². The van der Waals surface area contributed by atoms with Crippen molar-refractivity contribution in [3.8, 4) is 11.1 Å². The lowest BCUT2D eigenvalue weighted by atomic mass is 10.0. The molecule has 2 aliphatic rings. The van der Waals surface area contributed by atoms with Crippen LogP contribution < -0.4 is 16.4 Å². The zero-order valence-electron chi connectivity index (χ0n) is 21.6. The number of likely N-dealkylation sites (tertiary alicyclic amines) is 1. The van der Waals surface area contributed by atoms with Gasteiger partial charge in [-0.15, -0.1) is 11.3 Å². The Bertz CT molecular complexity index is 1570. The second-order valence-electron chi connectivity index (χ2n) is 9.94. The van der Waals surface area contributed by atoms with Gasteiger partial charge in [-0.3, -0.25) is 19.8 Å². The van der Waals surface area contributed by atoms with Crippen LogP contribution >= 0.6 is 11.3 Å². The molecule has 2 atom stereocenters. The maximum absolute atomic E-state index is 14.8. The molecule has 2 aromatic carbocycles. The van der Waals surface area contributed by atoms with Crippen molar-refractivity contribution in [2.45, 2.75) is 31.4 Å². The molecule has 5 rings (SSSR count). The molecule has 3 aromatic rings. The van der Waals surface area contributed by atoms with Crippen molar-refractivity contribution < 1.29 is 23.2 Å². The Morgan fingerprint density at radius 3 is 2.60 bits per heavy atom. The van der Waals surface area contributed by atoms with Crippen LogP contribution in [0.5, 0.6) is 0 Å². The first-order chi connectivity index (χ1) is 19.0. The Labute approximate surface area is 233 Å². The van der Waals surface area contributed by atoms with E-state index in [9.17, 15) is 23.2 Å². The highest BCUT2D eigenvalue weighted by Gasteiger charge is 2.44. The van der Waals surface area contributed by atoms with Gasteiger partial charge in [-0.1, -0.05) is 42.5 Å². The summed E-state index contributed by atoms with van der Waals surface area (Å²) < 4.78 is 29.7. The highest BCUT2D eigenvalue weighted by Crippen LogP contribution is 2.50. The van der Waals surface area contributed by atoms with Gasteiger partial charge in [-0.05, 0) is 42.7 Å². The molecule has 0 saturated carbocycles. The summed E-state index contributed by atoms with van der Waals surface area (Å²) in [5.74, 6) is -4.62. The minimum atomic E-state index is -3.15. The summed E-state index contributed by atoms with van der Waals surface area (Å²) in [6.45, 7) is 5.54. The minimum absolute atomic E-state index is 0.0606. The van der Waals surface area contributed by atoms with Gasteiger partial charge in [0.25, 0.3) is 11.8 Å². The van der Waals surface area contributed by atoms with Crippen LogP contribution in [0.1, 0.15) is 51.3 Å². The molecule has 1 aliphatic heterocycles. The van der Waals surface area contributed by atoms with E-state index in [4.69, 9.17) is 11.1 Å². The number of hydrogen-bond donors (Lipinski definition) is 4. The molecule has 2 heterocycles. The highest BCUT2D eigenvalue weighted by molar-refractivity contribution is 7.10. The van der Waals surface area contributed by atoms with Gasteiger partial charge < -0.3 is 21.3 Å². The molecule has 0 spiro atoms. The second kappa shape index (κ2) is 10.3. The van der Waals surface area contributed by atoms with E-state index in [-0.39, 0.29) is 53.1 Å². The van der Waals surface area contributed by atoms with Gasteiger partial charge in [0.1, 0.15) is 11.9 Å². The van der Waals surface area contributed by atoms with Crippen molar-refractivity contribution in [1.29, 1.82) is 5.41 Å². The number of hydrogen-bond acceptors (Lipinski definition) is 5. The number of thiophene rings is 1. The van der Waals surface area contributed by atoms with Gasteiger partial charge >= 0.3 is 0 Å². The number of fused-ring (bicyclic) bond motifs is 3. The van der Waals surface area contributed by atoms with E-state index in [1.807, 2.05) is 0 Å². The smallest absolute Gasteiger partial charge is 0.299 e. The fraction of sp³-hybridized carbons (Fsp3) is 0.241. The number of nitrogens with one attached hydrogen (secondary N) is 3. The lowest BCUT2D eigenvalue weighted by Crippen LogP contribution is -2.49.